The Hall–Kier alpha value is -3.22. The molecule has 0 bridgehead atoms. The number of rotatable bonds is 3. The lowest BCUT2D eigenvalue weighted by Crippen LogP contribution is -2.41. The van der Waals surface area contributed by atoms with E-state index in [0.29, 0.717) is 5.56 Å². The van der Waals surface area contributed by atoms with Crippen LogP contribution in [0, 0.1) is 24.0 Å². The van der Waals surface area contributed by atoms with Gasteiger partial charge in [0.1, 0.15) is 0 Å². The average molecular weight is 313 g/mol. The van der Waals surface area contributed by atoms with Gasteiger partial charge in [-0.3, -0.25) is 30.6 Å². The lowest BCUT2D eigenvalue weighted by molar-refractivity contribution is -0.384. The van der Waals surface area contributed by atoms with E-state index in [9.17, 15) is 19.7 Å². The number of carbonyl (C=O) groups excluding carboxylic acids is 2. The number of hydrazine groups is 1. The van der Waals surface area contributed by atoms with Crippen molar-refractivity contribution in [3.8, 4) is 0 Å². The molecule has 7 nitrogen and oxygen atoms in total. The monoisotopic (exact) mass is 313 g/mol. The minimum atomic E-state index is -0.633. The van der Waals surface area contributed by atoms with Gasteiger partial charge in [-0.05, 0) is 31.5 Å². The molecule has 2 aromatic rings. The summed E-state index contributed by atoms with van der Waals surface area (Å²) in [6.45, 7) is 3.71. The quantitative estimate of drug-likeness (QED) is 0.670. The van der Waals surface area contributed by atoms with Crippen LogP contribution in [-0.4, -0.2) is 16.7 Å². The fourth-order valence-electron chi connectivity index (χ4n) is 2.08. The molecule has 0 heterocycles. The zero-order chi connectivity index (χ0) is 17.0. The van der Waals surface area contributed by atoms with Gasteiger partial charge in [-0.1, -0.05) is 23.8 Å². The number of benzene rings is 2. The first-order valence-corrected chi connectivity index (χ1v) is 6.81. The number of nitro groups is 1. The largest absolute Gasteiger partial charge is 0.270 e. The molecular weight excluding hydrogens is 298 g/mol. The number of nitrogens with zero attached hydrogens (tertiary/aromatic N) is 1. The van der Waals surface area contributed by atoms with Gasteiger partial charge in [0, 0.05) is 23.3 Å². The SMILES string of the molecule is Cc1ccc(C(=O)NNC(=O)c2cccc([N+](=O)[O-])c2)c(C)c1. The summed E-state index contributed by atoms with van der Waals surface area (Å²) in [5, 5.41) is 10.7. The van der Waals surface area contributed by atoms with Crippen molar-refractivity contribution in [2.45, 2.75) is 13.8 Å². The highest BCUT2D eigenvalue weighted by molar-refractivity contribution is 6.00. The molecule has 0 aromatic heterocycles. The smallest absolute Gasteiger partial charge is 0.267 e. The summed E-state index contributed by atoms with van der Waals surface area (Å²) in [7, 11) is 0. The molecule has 0 aliphatic heterocycles. The van der Waals surface area contributed by atoms with Gasteiger partial charge in [0.05, 0.1) is 4.92 Å². The summed E-state index contributed by atoms with van der Waals surface area (Å²) in [4.78, 5) is 34.1. The highest BCUT2D eigenvalue weighted by atomic mass is 16.6. The second kappa shape index (κ2) is 6.69. The Bertz CT molecular complexity index is 787. The minimum absolute atomic E-state index is 0.0835. The molecule has 2 rings (SSSR count). The number of non-ortho nitro benzene ring substituents is 1. The van der Waals surface area contributed by atoms with Gasteiger partial charge >= 0.3 is 0 Å². The molecule has 23 heavy (non-hydrogen) atoms. The molecule has 0 atom stereocenters. The summed E-state index contributed by atoms with van der Waals surface area (Å²) < 4.78 is 0. The molecule has 0 saturated heterocycles. The Kier molecular flexibility index (Phi) is 4.70. The van der Waals surface area contributed by atoms with Crippen molar-refractivity contribution < 1.29 is 14.5 Å². The van der Waals surface area contributed by atoms with Crippen LogP contribution in [0.5, 0.6) is 0 Å². The Morgan fingerprint density at radius 3 is 2.35 bits per heavy atom. The number of nitro benzene ring substituents is 1. The highest BCUT2D eigenvalue weighted by Gasteiger charge is 2.13. The van der Waals surface area contributed by atoms with E-state index in [1.165, 1.54) is 18.2 Å². The molecule has 0 aliphatic carbocycles. The number of amides is 2. The van der Waals surface area contributed by atoms with Gasteiger partial charge < -0.3 is 0 Å². The van der Waals surface area contributed by atoms with Crippen LogP contribution in [0.15, 0.2) is 42.5 Å². The van der Waals surface area contributed by atoms with Crippen molar-refractivity contribution >= 4 is 17.5 Å². The molecule has 0 unspecified atom stereocenters. The number of nitrogens with one attached hydrogen (secondary N) is 2. The van der Waals surface area contributed by atoms with E-state index < -0.39 is 16.7 Å². The van der Waals surface area contributed by atoms with Crippen LogP contribution in [-0.2, 0) is 0 Å². The van der Waals surface area contributed by atoms with Gasteiger partial charge in [0.2, 0.25) is 0 Å². The zero-order valence-corrected chi connectivity index (χ0v) is 12.6. The first-order valence-electron chi connectivity index (χ1n) is 6.81. The van der Waals surface area contributed by atoms with E-state index in [0.717, 1.165) is 17.2 Å². The third-order valence-corrected chi connectivity index (χ3v) is 3.24. The van der Waals surface area contributed by atoms with Crippen LogP contribution in [0.3, 0.4) is 0 Å². The van der Waals surface area contributed by atoms with Crippen molar-refractivity contribution in [3.05, 3.63) is 74.8 Å². The molecule has 0 spiro atoms. The predicted molar refractivity (Wildman–Crippen MR) is 83.9 cm³/mol. The van der Waals surface area contributed by atoms with Gasteiger partial charge in [0.15, 0.2) is 0 Å². The maximum atomic E-state index is 12.1. The molecule has 2 N–H and O–H groups in total. The maximum absolute atomic E-state index is 12.1. The average Bonchev–Trinajstić information content (AvgIpc) is 2.52. The standard InChI is InChI=1S/C16H15N3O4/c1-10-6-7-14(11(2)8-10)16(21)18-17-15(20)12-4-3-5-13(9-12)19(22)23/h3-9H,1-2H3,(H,17,20)(H,18,21). The van der Waals surface area contributed by atoms with Crippen LogP contribution >= 0.6 is 0 Å². The van der Waals surface area contributed by atoms with Crippen LogP contribution in [0.1, 0.15) is 31.8 Å². The van der Waals surface area contributed by atoms with E-state index in [1.54, 1.807) is 19.1 Å². The lowest BCUT2D eigenvalue weighted by Gasteiger charge is -2.09. The van der Waals surface area contributed by atoms with Gasteiger partial charge in [-0.15, -0.1) is 0 Å². The summed E-state index contributed by atoms with van der Waals surface area (Å²) in [6.07, 6.45) is 0. The molecule has 0 fully saturated rings. The zero-order valence-electron chi connectivity index (χ0n) is 12.6. The fourth-order valence-corrected chi connectivity index (χ4v) is 2.08. The second-order valence-corrected chi connectivity index (χ2v) is 5.03. The Morgan fingerprint density at radius 1 is 1.00 bits per heavy atom. The topological polar surface area (TPSA) is 101 Å². The lowest BCUT2D eigenvalue weighted by atomic mass is 10.1. The highest BCUT2D eigenvalue weighted by Crippen LogP contribution is 2.13. The van der Waals surface area contributed by atoms with E-state index in [4.69, 9.17) is 0 Å². The van der Waals surface area contributed by atoms with E-state index >= 15 is 0 Å². The number of hydrogen-bond donors (Lipinski definition) is 2. The molecule has 0 radical (unpaired) electrons. The molecule has 2 amide bonds. The predicted octanol–water partition coefficient (Wildman–Crippen LogP) is 2.29. The number of carbonyl (C=O) groups is 2. The third-order valence-electron chi connectivity index (χ3n) is 3.24. The minimum Gasteiger partial charge on any atom is -0.267 e. The fraction of sp³-hybridized carbons (Fsp3) is 0.125. The normalized spacial score (nSPS) is 10.0. The van der Waals surface area contributed by atoms with E-state index in [2.05, 4.69) is 10.9 Å². The molecule has 0 aliphatic rings. The Balaban J connectivity index is 2.05. The maximum Gasteiger partial charge on any atom is 0.270 e. The summed E-state index contributed by atoms with van der Waals surface area (Å²) in [5.74, 6) is -1.09. The Morgan fingerprint density at radius 2 is 1.70 bits per heavy atom. The molecular formula is C16H15N3O4. The van der Waals surface area contributed by atoms with E-state index in [1.807, 2.05) is 13.0 Å². The van der Waals surface area contributed by atoms with Gasteiger partial charge in [-0.2, -0.15) is 0 Å². The van der Waals surface area contributed by atoms with Gasteiger partial charge in [0.25, 0.3) is 17.5 Å². The Labute approximate surface area is 132 Å². The summed E-state index contributed by atoms with van der Waals surface area (Å²) >= 11 is 0. The van der Waals surface area contributed by atoms with Crippen molar-refractivity contribution in [2.75, 3.05) is 0 Å². The first kappa shape index (κ1) is 16.2. The first-order chi connectivity index (χ1) is 10.9. The van der Waals surface area contributed by atoms with Crippen molar-refractivity contribution in [1.29, 1.82) is 0 Å². The molecule has 7 heteroatoms. The number of aryl methyl sites for hydroxylation is 2. The van der Waals surface area contributed by atoms with Crippen molar-refractivity contribution in [2.24, 2.45) is 0 Å². The van der Waals surface area contributed by atoms with Crippen LogP contribution in [0.2, 0.25) is 0 Å². The second-order valence-electron chi connectivity index (χ2n) is 5.03. The number of hydrogen-bond acceptors (Lipinski definition) is 4. The van der Waals surface area contributed by atoms with Crippen LogP contribution in [0.25, 0.3) is 0 Å². The van der Waals surface area contributed by atoms with Crippen molar-refractivity contribution in [1.82, 2.24) is 10.9 Å². The molecule has 2 aromatic carbocycles. The summed E-state index contributed by atoms with van der Waals surface area (Å²) in [6, 6.07) is 10.6. The molecule has 118 valence electrons. The molecule has 0 saturated carbocycles. The van der Waals surface area contributed by atoms with Gasteiger partial charge in [-0.25, -0.2) is 0 Å². The van der Waals surface area contributed by atoms with Crippen LogP contribution in [0.4, 0.5) is 5.69 Å². The summed E-state index contributed by atoms with van der Waals surface area (Å²) in [5.41, 5.74) is 6.68. The van der Waals surface area contributed by atoms with E-state index in [-0.39, 0.29) is 11.3 Å². The van der Waals surface area contributed by atoms with Crippen molar-refractivity contribution in [3.63, 3.8) is 0 Å². The van der Waals surface area contributed by atoms with Crippen LogP contribution < -0.4 is 10.9 Å². The third kappa shape index (κ3) is 3.91.